The van der Waals surface area contributed by atoms with Crippen LogP contribution in [0.5, 0.6) is 0 Å². The van der Waals surface area contributed by atoms with E-state index in [-0.39, 0.29) is 18.4 Å². The Balaban J connectivity index is 2.19. The van der Waals surface area contributed by atoms with Crippen LogP contribution in [0.1, 0.15) is 21.0 Å². The Labute approximate surface area is 123 Å². The van der Waals surface area contributed by atoms with Crippen molar-refractivity contribution in [2.75, 3.05) is 19.8 Å². The van der Waals surface area contributed by atoms with Gasteiger partial charge >= 0.3 is 0 Å². The molecule has 0 spiro atoms. The number of rotatable bonds is 3. The molecule has 0 aromatic carbocycles. The zero-order chi connectivity index (χ0) is 14.0. The molecule has 1 aliphatic rings. The lowest BCUT2D eigenvalue weighted by Crippen LogP contribution is -2.50. The van der Waals surface area contributed by atoms with E-state index < -0.39 is 5.91 Å². The van der Waals surface area contributed by atoms with E-state index in [1.165, 1.54) is 11.3 Å². The number of morpholine rings is 1. The zero-order valence-electron chi connectivity index (χ0n) is 10.5. The van der Waals surface area contributed by atoms with E-state index in [4.69, 9.17) is 10.5 Å². The first-order valence-electron chi connectivity index (χ1n) is 5.92. The molecule has 1 aliphatic heterocycles. The van der Waals surface area contributed by atoms with E-state index >= 15 is 0 Å². The Morgan fingerprint density at radius 2 is 2.37 bits per heavy atom. The highest BCUT2D eigenvalue weighted by atomic mass is 79.9. The van der Waals surface area contributed by atoms with Crippen LogP contribution in [0.25, 0.3) is 0 Å². The van der Waals surface area contributed by atoms with Crippen molar-refractivity contribution in [3.63, 3.8) is 0 Å². The van der Waals surface area contributed by atoms with Gasteiger partial charge in [-0.3, -0.25) is 9.59 Å². The van der Waals surface area contributed by atoms with Crippen molar-refractivity contribution < 1.29 is 14.3 Å². The van der Waals surface area contributed by atoms with Gasteiger partial charge in [-0.25, -0.2) is 0 Å². The topological polar surface area (TPSA) is 72.6 Å². The first kappa shape index (κ1) is 14.5. The first-order chi connectivity index (χ1) is 8.99. The minimum absolute atomic E-state index is 0.0699. The molecular formula is C12H15BrN2O3S. The number of aryl methyl sites for hydroxylation is 1. The highest BCUT2D eigenvalue weighted by Gasteiger charge is 2.30. The van der Waals surface area contributed by atoms with Gasteiger partial charge in [-0.2, -0.15) is 0 Å². The molecule has 1 atom stereocenters. The lowest BCUT2D eigenvalue weighted by atomic mass is 10.1. The minimum atomic E-state index is -0.422. The van der Waals surface area contributed by atoms with Crippen LogP contribution >= 0.6 is 27.3 Å². The Morgan fingerprint density at radius 3 is 2.95 bits per heavy atom. The standard InChI is InChI=1S/C12H15BrN2O3S/c1-7-4-9(13)11(19-7)12(17)15-2-3-18-6-8(15)5-10(14)16/h4,8H,2-3,5-6H2,1H3,(H2,14,16). The Bertz CT molecular complexity index is 503. The van der Waals surface area contributed by atoms with Crippen LogP contribution in [0.15, 0.2) is 10.5 Å². The molecule has 2 rings (SSSR count). The molecule has 5 nitrogen and oxygen atoms in total. The molecule has 1 saturated heterocycles. The van der Waals surface area contributed by atoms with Gasteiger partial charge in [0.25, 0.3) is 5.91 Å². The number of thiophene rings is 1. The third-order valence-corrected chi connectivity index (χ3v) is 4.86. The van der Waals surface area contributed by atoms with Crippen molar-refractivity contribution in [2.24, 2.45) is 5.73 Å². The summed E-state index contributed by atoms with van der Waals surface area (Å²) in [7, 11) is 0. The third kappa shape index (κ3) is 3.34. The van der Waals surface area contributed by atoms with E-state index in [1.807, 2.05) is 13.0 Å². The van der Waals surface area contributed by atoms with Crippen molar-refractivity contribution >= 4 is 39.1 Å². The molecule has 19 heavy (non-hydrogen) atoms. The molecule has 1 aromatic heterocycles. The maximum absolute atomic E-state index is 12.5. The second-order valence-corrected chi connectivity index (χ2v) is 6.54. The molecule has 1 unspecified atom stereocenters. The second-order valence-electron chi connectivity index (χ2n) is 4.43. The molecule has 7 heteroatoms. The van der Waals surface area contributed by atoms with Crippen LogP contribution in [-0.2, 0) is 9.53 Å². The van der Waals surface area contributed by atoms with Gasteiger partial charge in [0, 0.05) is 22.3 Å². The highest BCUT2D eigenvalue weighted by Crippen LogP contribution is 2.29. The van der Waals surface area contributed by atoms with Gasteiger partial charge in [-0.1, -0.05) is 0 Å². The van der Waals surface area contributed by atoms with Crippen molar-refractivity contribution in [1.29, 1.82) is 0 Å². The fourth-order valence-electron chi connectivity index (χ4n) is 2.08. The molecule has 1 fully saturated rings. The fraction of sp³-hybridized carbons (Fsp3) is 0.500. The number of amides is 2. The number of carbonyl (C=O) groups excluding carboxylic acids is 2. The third-order valence-electron chi connectivity index (χ3n) is 2.93. The summed E-state index contributed by atoms with van der Waals surface area (Å²) in [4.78, 5) is 27.0. The summed E-state index contributed by atoms with van der Waals surface area (Å²) < 4.78 is 6.12. The minimum Gasteiger partial charge on any atom is -0.377 e. The quantitative estimate of drug-likeness (QED) is 0.901. The number of ether oxygens (including phenoxy) is 1. The summed E-state index contributed by atoms with van der Waals surface area (Å²) in [5, 5.41) is 0. The maximum Gasteiger partial charge on any atom is 0.265 e. The molecule has 2 heterocycles. The van der Waals surface area contributed by atoms with E-state index in [9.17, 15) is 9.59 Å². The number of hydrogen-bond acceptors (Lipinski definition) is 4. The summed E-state index contributed by atoms with van der Waals surface area (Å²) in [5.41, 5.74) is 5.22. The summed E-state index contributed by atoms with van der Waals surface area (Å²) >= 11 is 4.84. The predicted octanol–water partition coefficient (Wildman–Crippen LogP) is 1.54. The molecule has 1 aromatic rings. The Morgan fingerprint density at radius 1 is 1.63 bits per heavy atom. The number of carbonyl (C=O) groups is 2. The Kier molecular flexibility index (Phi) is 4.59. The van der Waals surface area contributed by atoms with Gasteiger partial charge in [0.2, 0.25) is 5.91 Å². The van der Waals surface area contributed by atoms with Crippen molar-refractivity contribution in [2.45, 2.75) is 19.4 Å². The predicted molar refractivity (Wildman–Crippen MR) is 76.2 cm³/mol. The van der Waals surface area contributed by atoms with Crippen LogP contribution in [0.2, 0.25) is 0 Å². The zero-order valence-corrected chi connectivity index (χ0v) is 12.9. The van der Waals surface area contributed by atoms with Gasteiger partial charge in [-0.15, -0.1) is 11.3 Å². The van der Waals surface area contributed by atoms with Crippen molar-refractivity contribution in [3.05, 3.63) is 20.3 Å². The Hall–Kier alpha value is -0.920. The molecule has 0 saturated carbocycles. The SMILES string of the molecule is Cc1cc(Br)c(C(=O)N2CCOCC2CC(N)=O)s1. The van der Waals surface area contributed by atoms with Crippen molar-refractivity contribution in [1.82, 2.24) is 4.90 Å². The molecule has 2 N–H and O–H groups in total. The number of nitrogens with zero attached hydrogens (tertiary/aromatic N) is 1. The van der Waals surface area contributed by atoms with Crippen LogP contribution in [-0.4, -0.2) is 42.5 Å². The molecular weight excluding hydrogens is 332 g/mol. The largest absolute Gasteiger partial charge is 0.377 e. The van der Waals surface area contributed by atoms with E-state index in [2.05, 4.69) is 15.9 Å². The highest BCUT2D eigenvalue weighted by molar-refractivity contribution is 9.10. The van der Waals surface area contributed by atoms with E-state index in [0.717, 1.165) is 9.35 Å². The second kappa shape index (κ2) is 6.02. The summed E-state index contributed by atoms with van der Waals surface area (Å²) in [6, 6.07) is 1.65. The van der Waals surface area contributed by atoms with Crippen molar-refractivity contribution in [3.8, 4) is 0 Å². The molecule has 0 bridgehead atoms. The van der Waals surface area contributed by atoms with Crippen LogP contribution < -0.4 is 5.73 Å². The first-order valence-corrected chi connectivity index (χ1v) is 7.53. The molecule has 2 amide bonds. The summed E-state index contributed by atoms with van der Waals surface area (Å²) in [5.74, 6) is -0.491. The maximum atomic E-state index is 12.5. The van der Waals surface area contributed by atoms with Crippen LogP contribution in [0.3, 0.4) is 0 Å². The fourth-order valence-corrected chi connectivity index (χ4v) is 3.85. The number of nitrogens with two attached hydrogens (primary N) is 1. The van der Waals surface area contributed by atoms with E-state index in [0.29, 0.717) is 24.6 Å². The summed E-state index contributed by atoms with van der Waals surface area (Å²) in [6.45, 7) is 3.28. The normalized spacial score (nSPS) is 19.5. The van der Waals surface area contributed by atoms with Gasteiger partial charge in [-0.05, 0) is 28.9 Å². The lowest BCUT2D eigenvalue weighted by Gasteiger charge is -2.34. The monoisotopic (exact) mass is 346 g/mol. The van der Waals surface area contributed by atoms with Gasteiger partial charge < -0.3 is 15.4 Å². The van der Waals surface area contributed by atoms with E-state index in [1.54, 1.807) is 4.90 Å². The number of hydrogen-bond donors (Lipinski definition) is 1. The molecule has 104 valence electrons. The lowest BCUT2D eigenvalue weighted by molar-refractivity contribution is -0.120. The molecule has 0 radical (unpaired) electrons. The average molecular weight is 347 g/mol. The molecule has 0 aliphatic carbocycles. The number of primary amides is 1. The van der Waals surface area contributed by atoms with Gasteiger partial charge in [0.15, 0.2) is 0 Å². The van der Waals surface area contributed by atoms with Gasteiger partial charge in [0.1, 0.15) is 4.88 Å². The number of halogens is 1. The summed E-state index contributed by atoms with van der Waals surface area (Å²) in [6.07, 6.45) is 0.133. The van der Waals surface area contributed by atoms with Crippen LogP contribution in [0, 0.1) is 6.92 Å². The average Bonchev–Trinajstić information content (AvgIpc) is 2.67. The smallest absolute Gasteiger partial charge is 0.265 e. The van der Waals surface area contributed by atoms with Crippen LogP contribution in [0.4, 0.5) is 0 Å². The van der Waals surface area contributed by atoms with Gasteiger partial charge in [0.05, 0.1) is 19.3 Å².